The molecule has 3 fully saturated rings. The number of carbonyl (C=O) groups is 1. The second kappa shape index (κ2) is 5.52. The van der Waals surface area contributed by atoms with Crippen LogP contribution in [0.1, 0.15) is 42.9 Å². The van der Waals surface area contributed by atoms with Crippen LogP contribution >= 0.6 is 0 Å². The molecule has 2 heterocycles. The highest BCUT2D eigenvalue weighted by Gasteiger charge is 2.81. The van der Waals surface area contributed by atoms with Crippen molar-refractivity contribution in [3.05, 3.63) is 30.7 Å². The summed E-state index contributed by atoms with van der Waals surface area (Å²) >= 11 is 0. The molecule has 6 rings (SSSR count). The van der Waals surface area contributed by atoms with E-state index in [0.29, 0.717) is 28.1 Å². The summed E-state index contributed by atoms with van der Waals surface area (Å²) in [6, 6.07) is 2.56. The molecule has 7 heteroatoms. The van der Waals surface area contributed by atoms with Crippen molar-refractivity contribution in [1.29, 1.82) is 0 Å². The molecule has 2 saturated carbocycles. The smallest absolute Gasteiger partial charge is 0.174 e. The second-order valence-corrected chi connectivity index (χ2v) is 9.83. The standard InChI is InChI=1S/C21H25NO6.CH3/c1-22(8-10-2-3-10)9-14(25)21-15-11-4-5-12(23)17(15)28-19(21)13(24)6-7-20(21,27)18(22)16(11)26;/h4-5,10,14,16,18-19,25-27H,2-3,6-9H2,1H3;1H3/q;-1/p+1/t14-,16?,18-,19+,20-,21+,22+;/m1./s1. The third-order valence-corrected chi connectivity index (χ3v) is 8.26. The van der Waals surface area contributed by atoms with Gasteiger partial charge >= 0.3 is 0 Å². The zero-order chi connectivity index (χ0) is 19.6. The number of hydrogen-bond acceptors (Lipinski definition) is 6. The van der Waals surface area contributed by atoms with Gasteiger partial charge in [-0.3, -0.25) is 4.79 Å². The maximum absolute atomic E-state index is 12.9. The molecule has 7 atom stereocenters. The number of quaternary nitrogens is 1. The van der Waals surface area contributed by atoms with Crippen molar-refractivity contribution in [2.45, 2.75) is 61.1 Å². The van der Waals surface area contributed by atoms with Crippen LogP contribution in [0, 0.1) is 13.3 Å². The summed E-state index contributed by atoms with van der Waals surface area (Å²) in [5.74, 6) is 0.376. The number of likely N-dealkylation sites (tertiary alicyclic amines) is 1. The van der Waals surface area contributed by atoms with Crippen molar-refractivity contribution in [3.8, 4) is 11.5 Å². The van der Waals surface area contributed by atoms with E-state index < -0.39 is 35.4 Å². The van der Waals surface area contributed by atoms with E-state index in [9.17, 15) is 25.2 Å². The summed E-state index contributed by atoms with van der Waals surface area (Å²) in [6.45, 7) is 1.12. The molecule has 0 radical (unpaired) electrons. The van der Waals surface area contributed by atoms with E-state index in [-0.39, 0.29) is 37.6 Å². The Morgan fingerprint density at radius 2 is 2.00 bits per heavy atom. The van der Waals surface area contributed by atoms with Crippen LogP contribution in [-0.2, 0) is 10.2 Å². The first-order valence-corrected chi connectivity index (χ1v) is 10.2. The zero-order valence-corrected chi connectivity index (χ0v) is 16.8. The Morgan fingerprint density at radius 3 is 2.69 bits per heavy atom. The van der Waals surface area contributed by atoms with Gasteiger partial charge in [-0.05, 0) is 30.9 Å². The van der Waals surface area contributed by atoms with Crippen LogP contribution in [0.4, 0.5) is 0 Å². The number of phenolic OH excluding ortho intramolecular Hbond substituents is 1. The molecular weight excluding hydrogens is 374 g/mol. The molecule has 3 aliphatic carbocycles. The van der Waals surface area contributed by atoms with Crippen molar-refractivity contribution in [3.63, 3.8) is 0 Å². The molecule has 0 amide bonds. The Kier molecular flexibility index (Phi) is 3.67. The van der Waals surface area contributed by atoms with Crippen molar-refractivity contribution in [1.82, 2.24) is 0 Å². The summed E-state index contributed by atoms with van der Waals surface area (Å²) in [6.07, 6.45) is -0.429. The number of aliphatic hydroxyl groups is 3. The molecule has 5 aliphatic rings. The van der Waals surface area contributed by atoms with Gasteiger partial charge in [0.05, 0.1) is 13.6 Å². The number of benzene rings is 1. The van der Waals surface area contributed by atoms with Crippen molar-refractivity contribution in [2.24, 2.45) is 5.92 Å². The minimum Gasteiger partial charge on any atom is -0.504 e. The molecule has 4 N–H and O–H groups in total. The number of phenols is 1. The summed E-state index contributed by atoms with van der Waals surface area (Å²) in [5, 5.41) is 45.5. The van der Waals surface area contributed by atoms with Crippen LogP contribution < -0.4 is 4.74 Å². The van der Waals surface area contributed by atoms with Crippen LogP contribution in [0.2, 0.25) is 0 Å². The summed E-state index contributed by atoms with van der Waals surface area (Å²) in [7, 11) is 2.01. The van der Waals surface area contributed by atoms with Crippen LogP contribution in [0.25, 0.3) is 0 Å². The number of carbonyl (C=O) groups excluding carboxylic acids is 1. The van der Waals surface area contributed by atoms with Crippen LogP contribution in [0.3, 0.4) is 0 Å². The Bertz CT molecular complexity index is 915. The molecule has 2 aliphatic heterocycles. The first-order chi connectivity index (χ1) is 13.2. The Balaban J connectivity index is 0.00000181. The van der Waals surface area contributed by atoms with Crippen molar-refractivity contribution in [2.75, 3.05) is 20.1 Å². The van der Waals surface area contributed by atoms with Crippen molar-refractivity contribution < 1.29 is 34.4 Å². The van der Waals surface area contributed by atoms with Gasteiger partial charge in [0.1, 0.15) is 35.8 Å². The SMILES string of the molecule is C[N@+]1(CC2CC2)C[C@@H](O)[C@]23c4c5ccc(O)c4O[C@H]2C(=O)CC[C@@]3(O)[C@H]1C5O.[CH3-]. The maximum Gasteiger partial charge on any atom is 0.174 e. The summed E-state index contributed by atoms with van der Waals surface area (Å²) in [5.41, 5.74) is -1.84. The predicted octanol–water partition coefficient (Wildman–Crippen LogP) is 0.582. The Morgan fingerprint density at radius 1 is 1.28 bits per heavy atom. The molecule has 7 nitrogen and oxygen atoms in total. The number of hydrogen-bond donors (Lipinski definition) is 4. The van der Waals surface area contributed by atoms with E-state index >= 15 is 0 Å². The largest absolute Gasteiger partial charge is 0.504 e. The van der Waals surface area contributed by atoms with Gasteiger partial charge in [0.15, 0.2) is 23.4 Å². The highest BCUT2D eigenvalue weighted by atomic mass is 16.5. The number of ketones is 1. The number of aromatic hydroxyl groups is 1. The lowest BCUT2D eigenvalue weighted by molar-refractivity contribution is -0.958. The van der Waals surface area contributed by atoms with Gasteiger partial charge in [0.25, 0.3) is 0 Å². The lowest BCUT2D eigenvalue weighted by atomic mass is 9.47. The van der Waals surface area contributed by atoms with E-state index in [1.165, 1.54) is 6.07 Å². The van der Waals surface area contributed by atoms with E-state index in [0.717, 1.165) is 19.4 Å². The first kappa shape index (κ1) is 19.3. The van der Waals surface area contributed by atoms with Crippen molar-refractivity contribution >= 4 is 5.78 Å². The molecule has 29 heavy (non-hydrogen) atoms. The quantitative estimate of drug-likeness (QED) is 0.425. The molecule has 1 saturated heterocycles. The third kappa shape index (κ3) is 1.95. The van der Waals surface area contributed by atoms with E-state index in [4.69, 9.17) is 4.74 Å². The van der Waals surface area contributed by atoms with Crippen LogP contribution in [0.15, 0.2) is 12.1 Å². The number of piperidine rings is 1. The van der Waals surface area contributed by atoms with Gasteiger partial charge in [0.2, 0.25) is 0 Å². The molecule has 158 valence electrons. The normalized spacial score (nSPS) is 46.6. The lowest BCUT2D eigenvalue weighted by Crippen LogP contribution is -2.85. The van der Waals surface area contributed by atoms with Gasteiger partial charge in [-0.2, -0.15) is 0 Å². The van der Waals surface area contributed by atoms with Gasteiger partial charge in [-0.1, -0.05) is 6.07 Å². The van der Waals surface area contributed by atoms with Gasteiger partial charge < -0.3 is 37.1 Å². The molecule has 1 spiro atoms. The number of nitrogens with zero attached hydrogens (tertiary/aromatic N) is 1. The summed E-state index contributed by atoms with van der Waals surface area (Å²) in [4.78, 5) is 12.9. The molecule has 1 unspecified atom stereocenters. The highest BCUT2D eigenvalue weighted by Crippen LogP contribution is 2.67. The number of Topliss-reactive ketones (excluding diaryl/α,β-unsaturated/α-hetero) is 1. The fraction of sp³-hybridized carbons (Fsp3) is 0.636. The molecule has 2 bridgehead atoms. The Hall–Kier alpha value is -1.67. The second-order valence-electron chi connectivity index (χ2n) is 9.83. The fourth-order valence-electron chi connectivity index (χ4n) is 7.18. The van der Waals surface area contributed by atoms with E-state index in [1.54, 1.807) is 6.07 Å². The average molecular weight is 403 g/mol. The molecular formula is C22H29NO6. The topological polar surface area (TPSA) is 107 Å². The number of likely N-dealkylation sites (N-methyl/N-ethyl adjacent to an activating group) is 1. The van der Waals surface area contributed by atoms with Gasteiger partial charge in [-0.15, -0.1) is 0 Å². The summed E-state index contributed by atoms with van der Waals surface area (Å²) < 4.78 is 6.31. The number of aliphatic hydroxyl groups excluding tert-OH is 2. The minimum atomic E-state index is -1.49. The van der Waals surface area contributed by atoms with Crippen LogP contribution in [0.5, 0.6) is 11.5 Å². The first-order valence-electron chi connectivity index (χ1n) is 10.2. The molecule has 1 aromatic carbocycles. The zero-order valence-electron chi connectivity index (χ0n) is 16.8. The monoisotopic (exact) mass is 403 g/mol. The van der Waals surface area contributed by atoms with Crippen LogP contribution in [-0.4, -0.2) is 74.7 Å². The van der Waals surface area contributed by atoms with Gasteiger partial charge in [0, 0.05) is 17.9 Å². The minimum absolute atomic E-state index is 0. The van der Waals surface area contributed by atoms with Gasteiger partial charge in [-0.25, -0.2) is 0 Å². The molecule has 0 aromatic heterocycles. The molecule has 1 aromatic rings. The number of ether oxygens (including phenoxy) is 1. The highest BCUT2D eigenvalue weighted by molar-refractivity contribution is 5.90. The fourth-order valence-corrected chi connectivity index (χ4v) is 7.18. The van der Waals surface area contributed by atoms with E-state index in [2.05, 4.69) is 0 Å². The maximum atomic E-state index is 12.9. The Labute approximate surface area is 170 Å². The number of rotatable bonds is 2. The third-order valence-electron chi connectivity index (χ3n) is 8.26. The average Bonchev–Trinajstić information content (AvgIpc) is 3.33. The lowest BCUT2D eigenvalue weighted by Gasteiger charge is -2.66. The predicted molar refractivity (Wildman–Crippen MR) is 103 cm³/mol. The van der Waals surface area contributed by atoms with E-state index in [1.807, 2.05) is 7.05 Å².